The number of aliphatic imine (C=N–C) groups is 1. The largest absolute Gasteiger partial charge is 0.444 e. The first-order chi connectivity index (χ1) is 9.83. The lowest BCUT2D eigenvalue weighted by atomic mass is 10.2. The second-order valence-corrected chi connectivity index (χ2v) is 6.11. The minimum atomic E-state index is -0.477. The van der Waals surface area contributed by atoms with Crippen molar-refractivity contribution in [3.05, 3.63) is 18.0 Å². The molecule has 1 N–H and O–H groups in total. The lowest BCUT2D eigenvalue weighted by Gasteiger charge is -2.29. The molecule has 1 aliphatic rings. The number of hydrogen-bond donors (Lipinski definition) is 1. The molecule has 0 aliphatic carbocycles. The van der Waals surface area contributed by atoms with E-state index < -0.39 is 5.60 Å². The second-order valence-electron chi connectivity index (χ2n) is 6.11. The molecule has 0 atom stereocenters. The van der Waals surface area contributed by atoms with E-state index in [1.54, 1.807) is 9.58 Å². The molecule has 0 fully saturated rings. The molecule has 1 aromatic rings. The third-order valence-corrected chi connectivity index (χ3v) is 2.92. The van der Waals surface area contributed by atoms with Crippen LogP contribution in [0.3, 0.4) is 0 Å². The zero-order valence-electron chi connectivity index (χ0n) is 13.1. The van der Waals surface area contributed by atoms with Crippen molar-refractivity contribution < 1.29 is 9.53 Å². The molecular weight excluding hydrogens is 270 g/mol. The topological polar surface area (TPSA) is 71.8 Å². The van der Waals surface area contributed by atoms with Gasteiger partial charge in [-0.1, -0.05) is 0 Å². The van der Waals surface area contributed by atoms with Crippen molar-refractivity contribution in [2.45, 2.75) is 32.9 Å². The highest BCUT2D eigenvalue weighted by atomic mass is 16.6. The van der Waals surface area contributed by atoms with E-state index in [0.717, 1.165) is 11.4 Å². The third-order valence-electron chi connectivity index (χ3n) is 2.92. The Labute approximate surface area is 125 Å². The zero-order chi connectivity index (χ0) is 15.5. The molecule has 0 bridgehead atoms. The number of nitrogens with one attached hydrogen (secondary N) is 1. The summed E-state index contributed by atoms with van der Waals surface area (Å²) in [5.41, 5.74) is 0.601. The van der Waals surface area contributed by atoms with Crippen molar-refractivity contribution in [3.8, 4) is 0 Å². The number of rotatable bonds is 2. The molecule has 0 spiro atoms. The highest BCUT2D eigenvalue weighted by Gasteiger charge is 2.24. The molecule has 1 aromatic heterocycles. The average molecular weight is 293 g/mol. The Balaban J connectivity index is 1.85. The van der Waals surface area contributed by atoms with Crippen LogP contribution in [0.4, 0.5) is 4.79 Å². The maximum absolute atomic E-state index is 12.0. The fourth-order valence-corrected chi connectivity index (χ4v) is 1.98. The van der Waals surface area contributed by atoms with Gasteiger partial charge in [0.1, 0.15) is 11.4 Å². The van der Waals surface area contributed by atoms with Gasteiger partial charge in [0, 0.05) is 31.9 Å². The summed E-state index contributed by atoms with van der Waals surface area (Å²) in [7, 11) is 1.88. The highest BCUT2D eigenvalue weighted by molar-refractivity contribution is 5.87. The van der Waals surface area contributed by atoms with Gasteiger partial charge in [-0.3, -0.25) is 14.6 Å². The molecule has 7 nitrogen and oxygen atoms in total. The van der Waals surface area contributed by atoms with Gasteiger partial charge in [-0.05, 0) is 20.8 Å². The van der Waals surface area contributed by atoms with Crippen molar-refractivity contribution in [2.24, 2.45) is 12.0 Å². The maximum atomic E-state index is 12.0. The molecule has 116 valence electrons. The first-order valence-corrected chi connectivity index (χ1v) is 7.06. The van der Waals surface area contributed by atoms with Gasteiger partial charge in [-0.15, -0.1) is 0 Å². The van der Waals surface area contributed by atoms with Crippen LogP contribution >= 0.6 is 0 Å². The quantitative estimate of drug-likeness (QED) is 0.888. The van der Waals surface area contributed by atoms with Gasteiger partial charge < -0.3 is 10.1 Å². The number of ether oxygens (including phenoxy) is 1. The molecule has 2 heterocycles. The van der Waals surface area contributed by atoms with Gasteiger partial charge in [-0.25, -0.2) is 4.79 Å². The normalized spacial score (nSPS) is 15.6. The highest BCUT2D eigenvalue weighted by Crippen LogP contribution is 2.11. The Morgan fingerprint density at radius 1 is 1.48 bits per heavy atom. The van der Waals surface area contributed by atoms with Crippen molar-refractivity contribution in [1.29, 1.82) is 0 Å². The first-order valence-electron chi connectivity index (χ1n) is 7.06. The summed E-state index contributed by atoms with van der Waals surface area (Å²) < 4.78 is 7.14. The second kappa shape index (κ2) is 6.15. The van der Waals surface area contributed by atoms with Crippen LogP contribution in [0.2, 0.25) is 0 Å². The molecule has 0 saturated heterocycles. The van der Waals surface area contributed by atoms with Crippen LogP contribution in [0.25, 0.3) is 0 Å². The SMILES string of the molecule is Cn1cc(CNC2=NCCN(C(=O)OC(C)(C)C)C2)cn1. The summed E-state index contributed by atoms with van der Waals surface area (Å²) in [5.74, 6) is 0.802. The van der Waals surface area contributed by atoms with Crippen LogP contribution in [0.5, 0.6) is 0 Å². The van der Waals surface area contributed by atoms with Crippen LogP contribution in [-0.2, 0) is 18.3 Å². The number of amides is 1. The van der Waals surface area contributed by atoms with Crippen molar-refractivity contribution in [2.75, 3.05) is 19.6 Å². The monoisotopic (exact) mass is 293 g/mol. The Kier molecular flexibility index (Phi) is 4.50. The van der Waals surface area contributed by atoms with E-state index in [2.05, 4.69) is 15.4 Å². The van der Waals surface area contributed by atoms with Crippen LogP contribution in [0.1, 0.15) is 26.3 Å². The van der Waals surface area contributed by atoms with Gasteiger partial charge in [0.25, 0.3) is 0 Å². The molecule has 21 heavy (non-hydrogen) atoms. The predicted molar refractivity (Wildman–Crippen MR) is 80.2 cm³/mol. The number of carbonyl (C=O) groups excluding carboxylic acids is 1. The van der Waals surface area contributed by atoms with E-state index in [0.29, 0.717) is 26.2 Å². The van der Waals surface area contributed by atoms with Crippen LogP contribution in [0, 0.1) is 0 Å². The smallest absolute Gasteiger partial charge is 0.410 e. The van der Waals surface area contributed by atoms with Crippen molar-refractivity contribution >= 4 is 11.9 Å². The van der Waals surface area contributed by atoms with E-state index >= 15 is 0 Å². The van der Waals surface area contributed by atoms with E-state index in [9.17, 15) is 4.79 Å². The number of aromatic nitrogens is 2. The summed E-state index contributed by atoms with van der Waals surface area (Å²) in [6.45, 7) is 7.88. The number of aryl methyl sites for hydroxylation is 1. The summed E-state index contributed by atoms with van der Waals surface area (Å²) in [6.07, 6.45) is 3.46. The number of hydrogen-bond acceptors (Lipinski definition) is 5. The Morgan fingerprint density at radius 2 is 2.24 bits per heavy atom. The van der Waals surface area contributed by atoms with Crippen LogP contribution in [-0.4, -0.2) is 51.8 Å². The first kappa shape index (κ1) is 15.3. The average Bonchev–Trinajstić information content (AvgIpc) is 2.81. The molecular formula is C14H23N5O2. The third kappa shape index (κ3) is 4.77. The van der Waals surface area contributed by atoms with E-state index in [1.165, 1.54) is 0 Å². The zero-order valence-corrected chi connectivity index (χ0v) is 13.1. The Hall–Kier alpha value is -2.05. The minimum absolute atomic E-state index is 0.293. The molecule has 0 radical (unpaired) electrons. The van der Waals surface area contributed by atoms with Gasteiger partial charge in [0.15, 0.2) is 0 Å². The number of carbonyl (C=O) groups is 1. The summed E-state index contributed by atoms with van der Waals surface area (Å²) in [6, 6.07) is 0. The molecule has 0 unspecified atom stereocenters. The van der Waals surface area contributed by atoms with Crippen LogP contribution in [0.15, 0.2) is 17.4 Å². The summed E-state index contributed by atoms with van der Waals surface area (Å²) in [5, 5.41) is 7.36. The van der Waals surface area contributed by atoms with Gasteiger partial charge in [0.2, 0.25) is 0 Å². The van der Waals surface area contributed by atoms with Gasteiger partial charge >= 0.3 is 6.09 Å². The molecule has 1 aliphatic heterocycles. The number of nitrogens with zero attached hydrogens (tertiary/aromatic N) is 4. The van der Waals surface area contributed by atoms with Crippen molar-refractivity contribution in [3.63, 3.8) is 0 Å². The molecule has 0 saturated carbocycles. The molecule has 2 rings (SSSR count). The molecule has 7 heteroatoms. The summed E-state index contributed by atoms with van der Waals surface area (Å²) >= 11 is 0. The number of amidine groups is 1. The van der Waals surface area contributed by atoms with E-state index in [-0.39, 0.29) is 6.09 Å². The van der Waals surface area contributed by atoms with Crippen molar-refractivity contribution in [1.82, 2.24) is 20.0 Å². The minimum Gasteiger partial charge on any atom is -0.444 e. The Morgan fingerprint density at radius 3 is 2.86 bits per heavy atom. The Bertz CT molecular complexity index is 530. The fraction of sp³-hybridized carbons (Fsp3) is 0.643. The molecule has 0 aromatic carbocycles. The predicted octanol–water partition coefficient (Wildman–Crippen LogP) is 1.16. The lowest BCUT2D eigenvalue weighted by molar-refractivity contribution is 0.0276. The van der Waals surface area contributed by atoms with E-state index in [1.807, 2.05) is 40.2 Å². The fourth-order valence-electron chi connectivity index (χ4n) is 1.98. The molecule has 1 amide bonds. The lowest BCUT2D eigenvalue weighted by Crippen LogP contribution is -2.47. The van der Waals surface area contributed by atoms with Gasteiger partial charge in [0.05, 0.1) is 19.3 Å². The van der Waals surface area contributed by atoms with E-state index in [4.69, 9.17) is 4.74 Å². The summed E-state index contributed by atoms with van der Waals surface area (Å²) in [4.78, 5) is 18.1. The maximum Gasteiger partial charge on any atom is 0.410 e. The standard InChI is InChI=1S/C14H23N5O2/c1-14(2,3)21-13(20)19-6-5-15-12(10-19)16-7-11-8-17-18(4)9-11/h8-9H,5-7,10H2,1-4H3,(H,15,16). The van der Waals surface area contributed by atoms with Gasteiger partial charge in [-0.2, -0.15) is 5.10 Å². The van der Waals surface area contributed by atoms with Crippen LogP contribution < -0.4 is 5.32 Å².